The minimum atomic E-state index is -0.910. The Balaban J connectivity index is 0.000000452. The fourth-order valence-electron chi connectivity index (χ4n) is 2.32. The number of rotatable bonds is 9. The van der Waals surface area contributed by atoms with E-state index in [0.717, 1.165) is 29.5 Å². The fraction of sp³-hybridized carbons (Fsp3) is 0.185. The number of allylic oxidation sites excluding steroid dienone is 3. The predicted octanol–water partition coefficient (Wildman–Crippen LogP) is 6.33. The van der Waals surface area contributed by atoms with Crippen molar-refractivity contribution >= 4 is 24.1 Å². The Morgan fingerprint density at radius 3 is 2.10 bits per heavy atom. The lowest BCUT2D eigenvalue weighted by atomic mass is 10.1. The third kappa shape index (κ3) is 11.8. The Hall–Kier alpha value is -3.66. The standard InChI is InChI=1S/C20H18O2.C7H12O2/c1-16(20(21)22)14-19(15-18-10-6-3-7-11-18)13-12-17-8-4-2-5-9-17;1-3-5-6-9-7(8)4-2/h2-15H,1H3,(H,21,22);4H,2-3,5-6H2,1H3. The molecule has 0 fully saturated rings. The fourth-order valence-corrected chi connectivity index (χ4v) is 2.32. The molecule has 2 aromatic carbocycles. The first-order chi connectivity index (χ1) is 15.0. The molecule has 0 aliphatic rings. The van der Waals surface area contributed by atoms with Crippen LogP contribution in [-0.4, -0.2) is 23.7 Å². The minimum Gasteiger partial charge on any atom is -0.478 e. The Morgan fingerprint density at radius 2 is 1.58 bits per heavy atom. The lowest BCUT2D eigenvalue weighted by Gasteiger charge is -2.00. The maximum Gasteiger partial charge on any atom is 0.331 e. The molecule has 0 unspecified atom stereocenters. The normalized spacial score (nSPS) is 11.4. The molecular formula is C27H30O4. The molecule has 31 heavy (non-hydrogen) atoms. The van der Waals surface area contributed by atoms with Crippen LogP contribution in [0.2, 0.25) is 0 Å². The largest absolute Gasteiger partial charge is 0.478 e. The topological polar surface area (TPSA) is 63.6 Å². The van der Waals surface area contributed by atoms with Crippen LogP contribution in [0.1, 0.15) is 37.8 Å². The van der Waals surface area contributed by atoms with Crippen LogP contribution in [0.25, 0.3) is 12.2 Å². The van der Waals surface area contributed by atoms with Crippen molar-refractivity contribution in [2.75, 3.05) is 6.61 Å². The number of hydrogen-bond acceptors (Lipinski definition) is 3. The van der Waals surface area contributed by atoms with Gasteiger partial charge in [0, 0.05) is 11.6 Å². The van der Waals surface area contributed by atoms with Gasteiger partial charge in [-0.3, -0.25) is 0 Å². The van der Waals surface area contributed by atoms with Crippen LogP contribution >= 0.6 is 0 Å². The van der Waals surface area contributed by atoms with E-state index in [-0.39, 0.29) is 5.97 Å². The maximum absolute atomic E-state index is 11.0. The van der Waals surface area contributed by atoms with Gasteiger partial charge in [0.05, 0.1) is 6.61 Å². The molecule has 0 saturated heterocycles. The van der Waals surface area contributed by atoms with Gasteiger partial charge in [-0.2, -0.15) is 0 Å². The zero-order valence-corrected chi connectivity index (χ0v) is 18.2. The molecule has 0 aliphatic carbocycles. The lowest BCUT2D eigenvalue weighted by molar-refractivity contribution is -0.138. The molecule has 4 heteroatoms. The molecule has 0 spiro atoms. The van der Waals surface area contributed by atoms with E-state index in [4.69, 9.17) is 5.11 Å². The summed E-state index contributed by atoms with van der Waals surface area (Å²) < 4.78 is 4.67. The molecule has 0 atom stereocenters. The number of carboxylic acids is 1. The highest BCUT2D eigenvalue weighted by Gasteiger charge is 2.00. The van der Waals surface area contributed by atoms with Crippen molar-refractivity contribution in [1.29, 1.82) is 0 Å². The summed E-state index contributed by atoms with van der Waals surface area (Å²) >= 11 is 0. The first-order valence-electron chi connectivity index (χ1n) is 10.2. The second-order valence-electron chi connectivity index (χ2n) is 6.66. The van der Waals surface area contributed by atoms with Gasteiger partial charge in [0.2, 0.25) is 0 Å². The van der Waals surface area contributed by atoms with E-state index in [1.807, 2.05) is 85.8 Å². The van der Waals surface area contributed by atoms with E-state index in [9.17, 15) is 9.59 Å². The van der Waals surface area contributed by atoms with E-state index in [0.29, 0.717) is 12.2 Å². The van der Waals surface area contributed by atoms with Crippen LogP contribution in [0.3, 0.4) is 0 Å². The van der Waals surface area contributed by atoms with Crippen LogP contribution in [-0.2, 0) is 14.3 Å². The van der Waals surface area contributed by atoms with Gasteiger partial charge in [-0.05, 0) is 42.2 Å². The van der Waals surface area contributed by atoms with Crippen molar-refractivity contribution in [2.45, 2.75) is 26.7 Å². The Kier molecular flexibility index (Phi) is 12.5. The molecule has 0 amide bonds. The number of unbranched alkanes of at least 4 members (excludes halogenated alkanes) is 1. The molecule has 0 aromatic heterocycles. The van der Waals surface area contributed by atoms with E-state index in [1.54, 1.807) is 13.0 Å². The summed E-state index contributed by atoms with van der Waals surface area (Å²) in [6.45, 7) is 7.42. The van der Waals surface area contributed by atoms with Gasteiger partial charge in [-0.15, -0.1) is 0 Å². The minimum absolute atomic E-state index is 0.305. The average molecular weight is 419 g/mol. The molecule has 4 nitrogen and oxygen atoms in total. The summed E-state index contributed by atoms with van der Waals surface area (Å²) in [5.74, 6) is -1.24. The number of esters is 1. The van der Waals surface area contributed by atoms with Crippen molar-refractivity contribution in [3.63, 3.8) is 0 Å². The molecule has 0 bridgehead atoms. The van der Waals surface area contributed by atoms with Crippen LogP contribution in [0.15, 0.2) is 96.6 Å². The van der Waals surface area contributed by atoms with Gasteiger partial charge in [-0.1, -0.05) is 92.7 Å². The maximum atomic E-state index is 11.0. The predicted molar refractivity (Wildman–Crippen MR) is 127 cm³/mol. The lowest BCUT2D eigenvalue weighted by Crippen LogP contribution is -2.00. The molecule has 162 valence electrons. The molecule has 0 heterocycles. The van der Waals surface area contributed by atoms with Crippen molar-refractivity contribution in [2.24, 2.45) is 0 Å². The number of carbonyl (C=O) groups excluding carboxylic acids is 1. The summed E-state index contributed by atoms with van der Waals surface area (Å²) in [5, 5.41) is 9.06. The SMILES string of the molecule is C=CC(=O)OCCCC.CC(=CC(C=Cc1ccccc1)=Cc1ccccc1)C(=O)O. The molecule has 0 saturated carbocycles. The highest BCUT2D eigenvalue weighted by Crippen LogP contribution is 2.13. The third-order valence-corrected chi connectivity index (χ3v) is 4.03. The molecule has 2 rings (SSSR count). The van der Waals surface area contributed by atoms with Crippen molar-refractivity contribution in [3.8, 4) is 0 Å². The van der Waals surface area contributed by atoms with Crippen LogP contribution in [0.5, 0.6) is 0 Å². The third-order valence-electron chi connectivity index (χ3n) is 4.03. The summed E-state index contributed by atoms with van der Waals surface area (Å²) in [7, 11) is 0. The van der Waals surface area contributed by atoms with Crippen molar-refractivity contribution in [3.05, 3.63) is 108 Å². The van der Waals surface area contributed by atoms with Crippen molar-refractivity contribution in [1.82, 2.24) is 0 Å². The van der Waals surface area contributed by atoms with Crippen LogP contribution in [0.4, 0.5) is 0 Å². The molecule has 0 radical (unpaired) electrons. The monoisotopic (exact) mass is 418 g/mol. The zero-order chi connectivity index (χ0) is 22.9. The summed E-state index contributed by atoms with van der Waals surface area (Å²) in [5.41, 5.74) is 3.25. The van der Waals surface area contributed by atoms with Gasteiger partial charge in [-0.25, -0.2) is 9.59 Å². The number of aliphatic carboxylic acids is 1. The van der Waals surface area contributed by atoms with Gasteiger partial charge in [0.1, 0.15) is 0 Å². The van der Waals surface area contributed by atoms with Gasteiger partial charge in [0.15, 0.2) is 0 Å². The van der Waals surface area contributed by atoms with Crippen molar-refractivity contribution < 1.29 is 19.4 Å². The smallest absolute Gasteiger partial charge is 0.331 e. The Labute approximate surface area is 184 Å². The average Bonchev–Trinajstić information content (AvgIpc) is 2.79. The molecule has 1 N–H and O–H groups in total. The van der Waals surface area contributed by atoms with E-state index in [1.165, 1.54) is 6.08 Å². The van der Waals surface area contributed by atoms with Gasteiger partial charge >= 0.3 is 11.9 Å². The van der Waals surface area contributed by atoms with Gasteiger partial charge < -0.3 is 9.84 Å². The molecular weight excluding hydrogens is 388 g/mol. The van der Waals surface area contributed by atoms with E-state index < -0.39 is 5.97 Å². The number of carboxylic acid groups (broad SMARTS) is 1. The van der Waals surface area contributed by atoms with Crippen LogP contribution < -0.4 is 0 Å². The second-order valence-corrected chi connectivity index (χ2v) is 6.66. The molecule has 2 aromatic rings. The number of hydrogen-bond donors (Lipinski definition) is 1. The Bertz CT molecular complexity index is 907. The zero-order valence-electron chi connectivity index (χ0n) is 18.2. The van der Waals surface area contributed by atoms with E-state index in [2.05, 4.69) is 11.3 Å². The van der Waals surface area contributed by atoms with Crippen LogP contribution in [0, 0.1) is 0 Å². The first kappa shape index (κ1) is 25.4. The number of ether oxygens (including phenoxy) is 1. The summed E-state index contributed by atoms with van der Waals surface area (Å²) in [6, 6.07) is 19.8. The quantitative estimate of drug-likeness (QED) is 0.224. The second kappa shape index (κ2) is 15.2. The summed E-state index contributed by atoms with van der Waals surface area (Å²) in [4.78, 5) is 21.4. The number of carbonyl (C=O) groups is 2. The first-order valence-corrected chi connectivity index (χ1v) is 10.2. The number of benzene rings is 2. The van der Waals surface area contributed by atoms with E-state index >= 15 is 0 Å². The molecule has 0 aliphatic heterocycles. The highest BCUT2D eigenvalue weighted by atomic mass is 16.5. The van der Waals surface area contributed by atoms with Gasteiger partial charge in [0.25, 0.3) is 0 Å². The Morgan fingerprint density at radius 1 is 1.00 bits per heavy atom. The highest BCUT2D eigenvalue weighted by molar-refractivity contribution is 5.87. The summed E-state index contributed by atoms with van der Waals surface area (Å²) in [6.07, 6.45) is 10.7.